The van der Waals surface area contributed by atoms with Crippen molar-refractivity contribution >= 4 is 12.2 Å². The van der Waals surface area contributed by atoms with Gasteiger partial charge in [0.2, 0.25) is 0 Å². The molecule has 0 amide bonds. The van der Waals surface area contributed by atoms with Crippen molar-refractivity contribution in [3.05, 3.63) is 23.8 Å². The van der Waals surface area contributed by atoms with E-state index in [-0.39, 0.29) is 5.75 Å². The zero-order chi connectivity index (χ0) is 12.0. The van der Waals surface area contributed by atoms with Gasteiger partial charge in [-0.2, -0.15) is 0 Å². The number of phenols is 1. The van der Waals surface area contributed by atoms with Gasteiger partial charge in [0, 0.05) is 12.5 Å². The largest absolute Gasteiger partial charge is 0.504 e. The van der Waals surface area contributed by atoms with Crippen LogP contribution in [0.15, 0.2) is 23.4 Å². The summed E-state index contributed by atoms with van der Waals surface area (Å²) in [5.41, 5.74) is 0.669. The third-order valence-electron chi connectivity index (χ3n) is 1.67. The highest BCUT2D eigenvalue weighted by Gasteiger charge is 2.02. The Kier molecular flexibility index (Phi) is 4.32. The molecule has 1 aromatic carbocycles. The Balaban J connectivity index is 2.77. The van der Waals surface area contributed by atoms with E-state index in [1.54, 1.807) is 12.1 Å². The molecule has 5 heteroatoms. The van der Waals surface area contributed by atoms with E-state index in [4.69, 9.17) is 4.74 Å². The third kappa shape index (κ3) is 3.61. The predicted octanol–water partition coefficient (Wildman–Crippen LogP) is 1.69. The number of hydrogen-bond donors (Lipinski definition) is 1. The van der Waals surface area contributed by atoms with Crippen molar-refractivity contribution in [1.82, 2.24) is 0 Å². The number of carbonyl (C=O) groups excluding carboxylic acids is 1. The van der Waals surface area contributed by atoms with E-state index >= 15 is 0 Å². The number of nitrogens with zero attached hydrogens (tertiary/aromatic N) is 1. The molecule has 0 spiro atoms. The van der Waals surface area contributed by atoms with Crippen LogP contribution in [0.4, 0.5) is 0 Å². The minimum atomic E-state index is -0.486. The molecule has 16 heavy (non-hydrogen) atoms. The monoisotopic (exact) mass is 223 g/mol. The van der Waals surface area contributed by atoms with Crippen molar-refractivity contribution in [2.45, 2.75) is 13.8 Å². The number of carbonyl (C=O) groups is 1. The number of ether oxygens (including phenoxy) is 1. The lowest BCUT2D eigenvalue weighted by molar-refractivity contribution is -0.140. The van der Waals surface area contributed by atoms with E-state index in [9.17, 15) is 9.90 Å². The van der Waals surface area contributed by atoms with Crippen molar-refractivity contribution < 1.29 is 19.5 Å². The van der Waals surface area contributed by atoms with Gasteiger partial charge in [-0.15, -0.1) is 0 Å². The first-order valence-electron chi connectivity index (χ1n) is 4.80. The number of aromatic hydroxyl groups is 1. The quantitative estimate of drug-likeness (QED) is 0.479. The number of oxime groups is 1. The van der Waals surface area contributed by atoms with Crippen LogP contribution in [0, 0.1) is 0 Å². The Hall–Kier alpha value is -2.04. The van der Waals surface area contributed by atoms with Gasteiger partial charge in [-0.3, -0.25) is 0 Å². The van der Waals surface area contributed by atoms with Gasteiger partial charge in [0.05, 0.1) is 12.8 Å². The number of hydrogen-bond acceptors (Lipinski definition) is 5. The fourth-order valence-corrected chi connectivity index (χ4v) is 1.04. The SMILES string of the molecule is CCOc1cc(/C=N/OC(C)=O)ccc1O. The molecule has 0 aliphatic heterocycles. The highest BCUT2D eigenvalue weighted by molar-refractivity contribution is 5.81. The molecule has 0 saturated carbocycles. The first kappa shape index (κ1) is 12.0. The molecule has 0 aliphatic carbocycles. The second kappa shape index (κ2) is 5.75. The molecule has 0 heterocycles. The fourth-order valence-electron chi connectivity index (χ4n) is 1.04. The number of phenolic OH excluding ortho intramolecular Hbond substituents is 1. The lowest BCUT2D eigenvalue weighted by Gasteiger charge is -2.05. The predicted molar refractivity (Wildman–Crippen MR) is 58.6 cm³/mol. The zero-order valence-corrected chi connectivity index (χ0v) is 9.14. The molecule has 1 aromatic rings. The third-order valence-corrected chi connectivity index (χ3v) is 1.67. The van der Waals surface area contributed by atoms with Gasteiger partial charge in [-0.05, 0) is 25.1 Å². The first-order valence-corrected chi connectivity index (χ1v) is 4.80. The van der Waals surface area contributed by atoms with Crippen LogP contribution in [0.2, 0.25) is 0 Å². The van der Waals surface area contributed by atoms with Crippen LogP contribution in [-0.4, -0.2) is 23.9 Å². The molecule has 0 unspecified atom stereocenters. The molecule has 0 atom stereocenters. The van der Waals surface area contributed by atoms with Crippen molar-refractivity contribution in [3.8, 4) is 11.5 Å². The lowest BCUT2D eigenvalue weighted by Crippen LogP contribution is -1.94. The maximum atomic E-state index is 10.5. The summed E-state index contributed by atoms with van der Waals surface area (Å²) in [5.74, 6) is -0.0548. The highest BCUT2D eigenvalue weighted by atomic mass is 16.7. The molecule has 0 radical (unpaired) electrons. The van der Waals surface area contributed by atoms with Crippen LogP contribution >= 0.6 is 0 Å². The Bertz CT molecular complexity index is 401. The summed E-state index contributed by atoms with van der Waals surface area (Å²) in [7, 11) is 0. The molecule has 5 nitrogen and oxygen atoms in total. The Morgan fingerprint density at radius 3 is 2.94 bits per heavy atom. The average molecular weight is 223 g/mol. The zero-order valence-electron chi connectivity index (χ0n) is 9.14. The topological polar surface area (TPSA) is 68.1 Å². The van der Waals surface area contributed by atoms with E-state index < -0.39 is 5.97 Å². The summed E-state index contributed by atoms with van der Waals surface area (Å²) >= 11 is 0. The number of benzene rings is 1. The summed E-state index contributed by atoms with van der Waals surface area (Å²) in [4.78, 5) is 14.9. The second-order valence-corrected chi connectivity index (χ2v) is 2.98. The maximum absolute atomic E-state index is 10.5. The van der Waals surface area contributed by atoms with E-state index in [0.29, 0.717) is 17.9 Å². The van der Waals surface area contributed by atoms with Gasteiger partial charge in [-0.25, -0.2) is 4.79 Å². The van der Waals surface area contributed by atoms with Crippen LogP contribution in [0.3, 0.4) is 0 Å². The van der Waals surface area contributed by atoms with Crippen LogP contribution in [0.5, 0.6) is 11.5 Å². The van der Waals surface area contributed by atoms with Gasteiger partial charge in [0.15, 0.2) is 11.5 Å². The molecule has 1 N–H and O–H groups in total. The van der Waals surface area contributed by atoms with Crippen LogP contribution < -0.4 is 4.74 Å². The standard InChI is InChI=1S/C11H13NO4/c1-3-15-11-6-9(4-5-10(11)14)7-12-16-8(2)13/h4-7,14H,3H2,1-2H3/b12-7+. The lowest BCUT2D eigenvalue weighted by atomic mass is 10.2. The minimum absolute atomic E-state index is 0.0616. The number of rotatable bonds is 4. The van der Waals surface area contributed by atoms with E-state index in [1.165, 1.54) is 19.2 Å². The Labute approximate surface area is 93.3 Å². The van der Waals surface area contributed by atoms with Crippen molar-refractivity contribution in [1.29, 1.82) is 0 Å². The van der Waals surface area contributed by atoms with Crippen molar-refractivity contribution in [2.24, 2.45) is 5.16 Å². The first-order chi connectivity index (χ1) is 7.63. The van der Waals surface area contributed by atoms with E-state index in [2.05, 4.69) is 9.99 Å². The highest BCUT2D eigenvalue weighted by Crippen LogP contribution is 2.26. The smallest absolute Gasteiger partial charge is 0.331 e. The summed E-state index contributed by atoms with van der Waals surface area (Å²) in [6.07, 6.45) is 1.36. The molecule has 1 rings (SSSR count). The van der Waals surface area contributed by atoms with Crippen molar-refractivity contribution in [3.63, 3.8) is 0 Å². The normalized spacial score (nSPS) is 10.4. The summed E-state index contributed by atoms with van der Waals surface area (Å²) in [6.45, 7) is 3.54. The van der Waals surface area contributed by atoms with Gasteiger partial charge in [0.1, 0.15) is 0 Å². The maximum Gasteiger partial charge on any atom is 0.331 e. The second-order valence-electron chi connectivity index (χ2n) is 2.98. The molecule has 0 saturated heterocycles. The molecule has 0 bridgehead atoms. The molecular weight excluding hydrogens is 210 g/mol. The fraction of sp³-hybridized carbons (Fsp3) is 0.273. The van der Waals surface area contributed by atoms with E-state index in [0.717, 1.165) is 0 Å². The average Bonchev–Trinajstić information content (AvgIpc) is 2.22. The molecule has 86 valence electrons. The summed E-state index contributed by atoms with van der Waals surface area (Å²) in [5, 5.41) is 12.9. The summed E-state index contributed by atoms with van der Waals surface area (Å²) < 4.78 is 5.19. The minimum Gasteiger partial charge on any atom is -0.504 e. The van der Waals surface area contributed by atoms with Crippen molar-refractivity contribution in [2.75, 3.05) is 6.61 Å². The van der Waals surface area contributed by atoms with Crippen LogP contribution in [-0.2, 0) is 9.63 Å². The van der Waals surface area contributed by atoms with Gasteiger partial charge < -0.3 is 14.7 Å². The Morgan fingerprint density at radius 2 is 2.31 bits per heavy atom. The molecule has 0 fully saturated rings. The van der Waals surface area contributed by atoms with E-state index in [1.807, 2.05) is 6.92 Å². The van der Waals surface area contributed by atoms with Gasteiger partial charge in [-0.1, -0.05) is 5.16 Å². The van der Waals surface area contributed by atoms with Gasteiger partial charge >= 0.3 is 5.97 Å². The molecule has 0 aliphatic rings. The molecular formula is C11H13NO4. The van der Waals surface area contributed by atoms with Crippen LogP contribution in [0.1, 0.15) is 19.4 Å². The Morgan fingerprint density at radius 1 is 1.56 bits per heavy atom. The van der Waals surface area contributed by atoms with Gasteiger partial charge in [0.25, 0.3) is 0 Å². The van der Waals surface area contributed by atoms with Crippen LogP contribution in [0.25, 0.3) is 0 Å². The molecule has 0 aromatic heterocycles. The summed E-state index contributed by atoms with van der Waals surface area (Å²) in [6, 6.07) is 4.72.